The molecular weight excluding hydrogens is 548 g/mol. The molecule has 2 aromatic carbocycles. The minimum Gasteiger partial charge on any atom is -0.370 e. The van der Waals surface area contributed by atoms with Gasteiger partial charge in [-0.2, -0.15) is 4.98 Å². The van der Waals surface area contributed by atoms with E-state index in [0.29, 0.717) is 34.3 Å². The van der Waals surface area contributed by atoms with Crippen molar-refractivity contribution in [2.45, 2.75) is 42.7 Å². The topological polar surface area (TPSA) is 109 Å². The first-order valence-corrected chi connectivity index (χ1v) is 15.5. The Morgan fingerprint density at radius 2 is 1.90 bits per heavy atom. The van der Waals surface area contributed by atoms with E-state index in [4.69, 9.17) is 4.98 Å². The van der Waals surface area contributed by atoms with Crippen molar-refractivity contribution < 1.29 is 9.59 Å². The highest BCUT2D eigenvalue weighted by molar-refractivity contribution is 7.99. The van der Waals surface area contributed by atoms with Gasteiger partial charge in [0.25, 0.3) is 5.56 Å². The van der Waals surface area contributed by atoms with Crippen LogP contribution in [-0.4, -0.2) is 58.0 Å². The van der Waals surface area contributed by atoms with Crippen LogP contribution < -0.4 is 21.1 Å². The van der Waals surface area contributed by atoms with Crippen molar-refractivity contribution in [1.29, 1.82) is 0 Å². The number of nitrogens with one attached hydrogen (secondary N) is 2. The third-order valence-corrected chi connectivity index (χ3v) is 9.65. The summed E-state index contributed by atoms with van der Waals surface area (Å²) in [5.74, 6) is 0.252. The number of likely N-dealkylation sites (N-methyl/N-ethyl adjacent to an activating group) is 1. The first-order valence-electron chi connectivity index (χ1n) is 14.5. The van der Waals surface area contributed by atoms with Crippen LogP contribution in [0.25, 0.3) is 11.0 Å². The number of aromatic nitrogens is 3. The van der Waals surface area contributed by atoms with Crippen LogP contribution in [0.2, 0.25) is 0 Å². The summed E-state index contributed by atoms with van der Waals surface area (Å²) < 4.78 is 1.43. The van der Waals surface area contributed by atoms with E-state index in [9.17, 15) is 14.4 Å². The quantitative estimate of drug-likeness (QED) is 0.297. The van der Waals surface area contributed by atoms with Crippen molar-refractivity contribution >= 4 is 51.7 Å². The second-order valence-electron chi connectivity index (χ2n) is 11.3. The molecule has 1 saturated carbocycles. The number of hydrogen-bond acceptors (Lipinski definition) is 9. The SMILES string of the molecule is CN(c1ccc(Nc2ncc3cc(C(=O)C4CC4)c(=O)n(C4CSc5ccccc5C4=O)c3n2)cc1)C1CCCNC1. The highest BCUT2D eigenvalue weighted by Gasteiger charge is 2.36. The molecule has 214 valence electrons. The summed E-state index contributed by atoms with van der Waals surface area (Å²) in [5, 5.41) is 7.28. The van der Waals surface area contributed by atoms with Crippen molar-refractivity contribution in [1.82, 2.24) is 19.9 Å². The molecule has 1 saturated heterocycles. The molecule has 2 unspecified atom stereocenters. The van der Waals surface area contributed by atoms with Gasteiger partial charge in [0.1, 0.15) is 11.7 Å². The molecule has 3 aliphatic rings. The lowest BCUT2D eigenvalue weighted by molar-refractivity contribution is 0.0924. The van der Waals surface area contributed by atoms with Crippen molar-refractivity contribution in [2.75, 3.05) is 36.1 Å². The van der Waals surface area contributed by atoms with Gasteiger partial charge in [0, 0.05) is 64.7 Å². The molecule has 4 aromatic rings. The molecule has 2 N–H and O–H groups in total. The normalized spacial score (nSPS) is 20.3. The molecule has 2 aliphatic heterocycles. The van der Waals surface area contributed by atoms with Crippen molar-refractivity contribution in [2.24, 2.45) is 5.92 Å². The zero-order valence-electron chi connectivity index (χ0n) is 23.4. The van der Waals surface area contributed by atoms with Gasteiger partial charge in [0.15, 0.2) is 11.6 Å². The Morgan fingerprint density at radius 3 is 2.67 bits per heavy atom. The fourth-order valence-electron chi connectivity index (χ4n) is 5.91. The molecule has 2 aromatic heterocycles. The predicted octanol–water partition coefficient (Wildman–Crippen LogP) is 4.85. The number of nitrogens with zero attached hydrogens (tertiary/aromatic N) is 4. The number of Topliss-reactive ketones (excluding diaryl/α,β-unsaturated/α-hetero) is 2. The summed E-state index contributed by atoms with van der Waals surface area (Å²) >= 11 is 1.53. The average molecular weight is 581 g/mol. The van der Waals surface area contributed by atoms with Crippen molar-refractivity contribution in [3.8, 4) is 0 Å². The maximum atomic E-state index is 13.9. The predicted molar refractivity (Wildman–Crippen MR) is 165 cm³/mol. The Labute approximate surface area is 247 Å². The third kappa shape index (κ3) is 4.98. The molecule has 0 bridgehead atoms. The van der Waals surface area contributed by atoms with Gasteiger partial charge in [-0.1, -0.05) is 18.2 Å². The van der Waals surface area contributed by atoms with E-state index in [1.54, 1.807) is 18.3 Å². The van der Waals surface area contributed by atoms with Gasteiger partial charge in [-0.25, -0.2) is 4.98 Å². The van der Waals surface area contributed by atoms with Crippen LogP contribution in [0.1, 0.15) is 52.4 Å². The number of hydrogen-bond donors (Lipinski definition) is 2. The number of carbonyl (C=O) groups is 2. The van der Waals surface area contributed by atoms with Crippen LogP contribution in [0.3, 0.4) is 0 Å². The van der Waals surface area contributed by atoms with Gasteiger partial charge in [0.2, 0.25) is 5.95 Å². The van der Waals surface area contributed by atoms with Crippen LogP contribution in [0.5, 0.6) is 0 Å². The Kier molecular flexibility index (Phi) is 7.03. The summed E-state index contributed by atoms with van der Waals surface area (Å²) in [4.78, 5) is 53.2. The number of pyridine rings is 1. The molecule has 42 heavy (non-hydrogen) atoms. The van der Waals surface area contributed by atoms with Crippen LogP contribution >= 0.6 is 11.8 Å². The molecule has 4 heterocycles. The molecule has 0 spiro atoms. The van der Waals surface area contributed by atoms with Gasteiger partial charge in [-0.3, -0.25) is 19.0 Å². The lowest BCUT2D eigenvalue weighted by Crippen LogP contribution is -2.44. The molecule has 2 atom stereocenters. The number of carbonyl (C=O) groups excluding carboxylic acids is 2. The fraction of sp³-hybridized carbons (Fsp3) is 0.344. The Bertz CT molecular complexity index is 1740. The summed E-state index contributed by atoms with van der Waals surface area (Å²) in [6.45, 7) is 2.05. The van der Waals surface area contributed by atoms with E-state index in [0.717, 1.165) is 48.6 Å². The lowest BCUT2D eigenvalue weighted by Gasteiger charge is -2.33. The minimum atomic E-state index is -0.779. The van der Waals surface area contributed by atoms with Gasteiger partial charge in [0.05, 0.1) is 5.56 Å². The maximum Gasteiger partial charge on any atom is 0.263 e. The number of fused-ring (bicyclic) bond motifs is 2. The molecule has 10 heteroatoms. The molecule has 9 nitrogen and oxygen atoms in total. The third-order valence-electron chi connectivity index (χ3n) is 8.50. The molecule has 7 rings (SSSR count). The van der Waals surface area contributed by atoms with Crippen molar-refractivity contribution in [3.63, 3.8) is 0 Å². The van der Waals surface area contributed by atoms with E-state index in [2.05, 4.69) is 39.7 Å². The molecule has 2 fully saturated rings. The minimum absolute atomic E-state index is 0.110. The number of ketones is 2. The highest BCUT2D eigenvalue weighted by Crippen LogP contribution is 2.37. The van der Waals surface area contributed by atoms with E-state index < -0.39 is 11.6 Å². The summed E-state index contributed by atoms with van der Waals surface area (Å²) in [7, 11) is 2.12. The van der Waals surface area contributed by atoms with Gasteiger partial charge in [-0.05, 0) is 68.6 Å². The largest absolute Gasteiger partial charge is 0.370 e. The van der Waals surface area contributed by atoms with E-state index in [1.165, 1.54) is 22.7 Å². The molecule has 0 radical (unpaired) electrons. The van der Waals surface area contributed by atoms with Gasteiger partial charge < -0.3 is 15.5 Å². The average Bonchev–Trinajstić information content (AvgIpc) is 3.88. The number of piperidine rings is 1. The number of benzene rings is 2. The molecule has 0 amide bonds. The Morgan fingerprint density at radius 1 is 1.10 bits per heavy atom. The van der Waals surface area contributed by atoms with Crippen LogP contribution in [0.4, 0.5) is 17.3 Å². The zero-order chi connectivity index (χ0) is 28.8. The standard InChI is InChI=1S/C32H32N6O3S/c1-37(23-5-4-14-33-17-23)22-12-10-21(11-13-22)35-32-34-16-20-15-25(28(39)19-8-9-19)31(41)38(30(20)36-32)26-18-42-27-7-3-2-6-24(27)29(26)40/h2-3,6-7,10-13,15-16,19,23,26,33H,4-5,8-9,14,17-18H2,1H3,(H,34,35,36). The van der Waals surface area contributed by atoms with Crippen LogP contribution in [0, 0.1) is 5.92 Å². The maximum absolute atomic E-state index is 13.9. The fourth-order valence-corrected chi connectivity index (χ4v) is 7.04. The van der Waals surface area contributed by atoms with Gasteiger partial charge >= 0.3 is 0 Å². The van der Waals surface area contributed by atoms with E-state index in [1.807, 2.05) is 30.3 Å². The van der Waals surface area contributed by atoms with Crippen molar-refractivity contribution in [3.05, 3.63) is 82.3 Å². The Hall–Kier alpha value is -4.02. The Balaban J connectivity index is 1.24. The number of rotatable bonds is 7. The molecular formula is C32H32N6O3S. The molecule has 1 aliphatic carbocycles. The number of thioether (sulfide) groups is 1. The zero-order valence-corrected chi connectivity index (χ0v) is 24.2. The monoisotopic (exact) mass is 580 g/mol. The van der Waals surface area contributed by atoms with E-state index in [-0.39, 0.29) is 23.0 Å². The van der Waals surface area contributed by atoms with Crippen LogP contribution in [-0.2, 0) is 0 Å². The summed E-state index contributed by atoms with van der Waals surface area (Å²) in [6.07, 6.45) is 5.53. The number of anilines is 3. The smallest absolute Gasteiger partial charge is 0.263 e. The van der Waals surface area contributed by atoms with E-state index >= 15 is 0 Å². The highest BCUT2D eigenvalue weighted by atomic mass is 32.2. The second kappa shape index (κ2) is 11.0. The second-order valence-corrected chi connectivity index (χ2v) is 12.4. The summed E-state index contributed by atoms with van der Waals surface area (Å²) in [6, 6.07) is 16.8. The first-order chi connectivity index (χ1) is 20.5. The van der Waals surface area contributed by atoms with Gasteiger partial charge in [-0.15, -0.1) is 11.8 Å². The lowest BCUT2D eigenvalue weighted by atomic mass is 10.0. The summed E-state index contributed by atoms with van der Waals surface area (Å²) in [5.41, 5.74) is 2.50. The first kappa shape index (κ1) is 26.9. The van der Waals surface area contributed by atoms with Crippen LogP contribution in [0.15, 0.2) is 70.5 Å².